The standard InChI is InChI=1S/C16H14Br2N2OS/c1-2-5-16(21,10-6-12(18)9-19-8-10)15-20-13-4-3-11(17)7-14(13)22-15/h3-4,6-9,21H,2,5H2,1H3. The van der Waals surface area contributed by atoms with E-state index in [2.05, 4.69) is 48.8 Å². The van der Waals surface area contributed by atoms with Crippen molar-refractivity contribution in [3.63, 3.8) is 0 Å². The summed E-state index contributed by atoms with van der Waals surface area (Å²) in [7, 11) is 0. The maximum absolute atomic E-state index is 11.3. The van der Waals surface area contributed by atoms with Crippen molar-refractivity contribution in [2.45, 2.75) is 25.4 Å². The monoisotopic (exact) mass is 440 g/mol. The van der Waals surface area contributed by atoms with Crippen molar-refractivity contribution in [2.24, 2.45) is 0 Å². The molecule has 1 unspecified atom stereocenters. The van der Waals surface area contributed by atoms with Gasteiger partial charge in [0.25, 0.3) is 0 Å². The first-order chi connectivity index (χ1) is 10.5. The first-order valence-electron chi connectivity index (χ1n) is 6.93. The van der Waals surface area contributed by atoms with E-state index < -0.39 is 5.60 Å². The number of aromatic nitrogens is 2. The maximum Gasteiger partial charge on any atom is 0.142 e. The number of thiazole rings is 1. The summed E-state index contributed by atoms with van der Waals surface area (Å²) < 4.78 is 2.92. The molecule has 114 valence electrons. The summed E-state index contributed by atoms with van der Waals surface area (Å²) in [5.41, 5.74) is 0.560. The Bertz CT molecular complexity index is 821. The molecule has 0 saturated heterocycles. The van der Waals surface area contributed by atoms with Gasteiger partial charge in [0.05, 0.1) is 10.2 Å². The number of pyridine rings is 1. The van der Waals surface area contributed by atoms with Crippen LogP contribution in [0.4, 0.5) is 0 Å². The van der Waals surface area contributed by atoms with Gasteiger partial charge in [-0.05, 0) is 46.6 Å². The van der Waals surface area contributed by atoms with E-state index in [1.54, 1.807) is 12.4 Å². The van der Waals surface area contributed by atoms with Crippen LogP contribution in [0.1, 0.15) is 30.3 Å². The summed E-state index contributed by atoms with van der Waals surface area (Å²) in [6.07, 6.45) is 4.88. The minimum absolute atomic E-state index is 0.603. The molecule has 2 aromatic heterocycles. The van der Waals surface area contributed by atoms with Crippen LogP contribution in [0, 0.1) is 0 Å². The molecule has 0 spiro atoms. The van der Waals surface area contributed by atoms with Gasteiger partial charge in [0.15, 0.2) is 0 Å². The summed E-state index contributed by atoms with van der Waals surface area (Å²) >= 11 is 8.43. The number of benzene rings is 1. The fourth-order valence-electron chi connectivity index (χ4n) is 2.45. The molecule has 0 radical (unpaired) electrons. The van der Waals surface area contributed by atoms with Crippen LogP contribution in [0.2, 0.25) is 0 Å². The number of halogens is 2. The van der Waals surface area contributed by atoms with Crippen LogP contribution in [-0.4, -0.2) is 15.1 Å². The predicted octanol–water partition coefficient (Wildman–Crippen LogP) is 5.25. The van der Waals surface area contributed by atoms with Crippen LogP contribution in [0.5, 0.6) is 0 Å². The summed E-state index contributed by atoms with van der Waals surface area (Å²) in [6.45, 7) is 2.06. The summed E-state index contributed by atoms with van der Waals surface area (Å²) in [6, 6.07) is 7.86. The van der Waals surface area contributed by atoms with Crippen molar-refractivity contribution < 1.29 is 5.11 Å². The summed E-state index contributed by atoms with van der Waals surface area (Å²) in [4.78, 5) is 8.84. The lowest BCUT2D eigenvalue weighted by atomic mass is 9.91. The Morgan fingerprint density at radius 1 is 1.18 bits per heavy atom. The number of aliphatic hydroxyl groups is 1. The zero-order chi connectivity index (χ0) is 15.7. The Labute approximate surface area is 149 Å². The van der Waals surface area contributed by atoms with Crippen LogP contribution in [0.3, 0.4) is 0 Å². The lowest BCUT2D eigenvalue weighted by molar-refractivity contribution is 0.0697. The molecule has 0 fully saturated rings. The molecule has 0 aliphatic rings. The molecule has 3 aromatic rings. The minimum atomic E-state index is -1.11. The highest BCUT2D eigenvalue weighted by atomic mass is 79.9. The number of rotatable bonds is 4. The zero-order valence-electron chi connectivity index (χ0n) is 11.9. The van der Waals surface area contributed by atoms with Crippen molar-refractivity contribution in [1.82, 2.24) is 9.97 Å². The minimum Gasteiger partial charge on any atom is -0.378 e. The van der Waals surface area contributed by atoms with Gasteiger partial charge >= 0.3 is 0 Å². The van der Waals surface area contributed by atoms with Crippen molar-refractivity contribution in [1.29, 1.82) is 0 Å². The molecule has 0 saturated carbocycles. The van der Waals surface area contributed by atoms with Crippen molar-refractivity contribution in [3.05, 3.63) is 56.2 Å². The fraction of sp³-hybridized carbons (Fsp3) is 0.250. The Morgan fingerprint density at radius 3 is 2.73 bits per heavy atom. The van der Waals surface area contributed by atoms with Gasteiger partial charge in [0.2, 0.25) is 0 Å². The van der Waals surface area contributed by atoms with E-state index in [0.29, 0.717) is 11.4 Å². The van der Waals surface area contributed by atoms with Crippen molar-refractivity contribution in [3.8, 4) is 0 Å². The molecule has 2 heterocycles. The van der Waals surface area contributed by atoms with E-state index in [-0.39, 0.29) is 0 Å². The zero-order valence-corrected chi connectivity index (χ0v) is 15.9. The lowest BCUT2D eigenvalue weighted by Gasteiger charge is -2.25. The predicted molar refractivity (Wildman–Crippen MR) is 97.2 cm³/mol. The molecule has 6 heteroatoms. The molecule has 1 N–H and O–H groups in total. The number of hydrogen-bond acceptors (Lipinski definition) is 4. The molecular formula is C16H14Br2N2OS. The van der Waals surface area contributed by atoms with Crippen LogP contribution >= 0.6 is 43.2 Å². The van der Waals surface area contributed by atoms with Gasteiger partial charge in [-0.1, -0.05) is 29.3 Å². The third kappa shape index (κ3) is 2.97. The SMILES string of the molecule is CCCC(O)(c1cncc(Br)c1)c1nc2ccc(Br)cc2s1. The Hall–Kier alpha value is -0.820. The molecule has 1 aromatic carbocycles. The number of fused-ring (bicyclic) bond motifs is 1. The van der Waals surface area contributed by atoms with Crippen LogP contribution in [-0.2, 0) is 5.60 Å². The first kappa shape index (κ1) is 16.1. The normalized spacial score (nSPS) is 14.2. The smallest absolute Gasteiger partial charge is 0.142 e. The molecule has 0 aliphatic carbocycles. The third-order valence-electron chi connectivity index (χ3n) is 3.50. The average molecular weight is 442 g/mol. The fourth-order valence-corrected chi connectivity index (χ4v) is 4.47. The van der Waals surface area contributed by atoms with Gasteiger partial charge in [0, 0.05) is 26.9 Å². The Morgan fingerprint density at radius 2 is 2.00 bits per heavy atom. The van der Waals surface area contributed by atoms with Gasteiger partial charge in [-0.25, -0.2) is 4.98 Å². The van der Waals surface area contributed by atoms with Crippen LogP contribution < -0.4 is 0 Å². The highest BCUT2D eigenvalue weighted by Crippen LogP contribution is 2.39. The van der Waals surface area contributed by atoms with Gasteiger partial charge in [-0.2, -0.15) is 0 Å². The maximum atomic E-state index is 11.3. The molecule has 1 atom stereocenters. The van der Waals surface area contributed by atoms with E-state index in [1.165, 1.54) is 11.3 Å². The second-order valence-corrected chi connectivity index (χ2v) is 8.00. The Kier molecular flexibility index (Phi) is 4.64. The highest BCUT2D eigenvalue weighted by Gasteiger charge is 2.34. The highest BCUT2D eigenvalue weighted by molar-refractivity contribution is 9.10. The van der Waals surface area contributed by atoms with E-state index in [0.717, 1.165) is 31.1 Å². The van der Waals surface area contributed by atoms with E-state index >= 15 is 0 Å². The van der Waals surface area contributed by atoms with E-state index in [4.69, 9.17) is 0 Å². The van der Waals surface area contributed by atoms with Gasteiger partial charge in [-0.3, -0.25) is 4.98 Å². The second kappa shape index (κ2) is 6.35. The van der Waals surface area contributed by atoms with E-state index in [9.17, 15) is 5.11 Å². The largest absolute Gasteiger partial charge is 0.378 e. The summed E-state index contributed by atoms with van der Waals surface area (Å²) in [5.74, 6) is 0. The lowest BCUT2D eigenvalue weighted by Crippen LogP contribution is -2.27. The Balaban J connectivity index is 2.16. The summed E-state index contributed by atoms with van der Waals surface area (Å²) in [5, 5.41) is 12.0. The topological polar surface area (TPSA) is 46.0 Å². The quantitative estimate of drug-likeness (QED) is 0.601. The molecule has 0 aliphatic heterocycles. The van der Waals surface area contributed by atoms with E-state index in [1.807, 2.05) is 24.3 Å². The molecular weight excluding hydrogens is 428 g/mol. The average Bonchev–Trinajstić information content (AvgIpc) is 2.91. The van der Waals surface area contributed by atoms with Crippen molar-refractivity contribution in [2.75, 3.05) is 0 Å². The van der Waals surface area contributed by atoms with Crippen LogP contribution in [0.15, 0.2) is 45.6 Å². The van der Waals surface area contributed by atoms with Crippen molar-refractivity contribution >= 4 is 53.4 Å². The van der Waals surface area contributed by atoms with Gasteiger partial charge < -0.3 is 5.11 Å². The molecule has 0 amide bonds. The first-order valence-corrected chi connectivity index (χ1v) is 9.33. The molecule has 3 nitrogen and oxygen atoms in total. The number of hydrogen-bond donors (Lipinski definition) is 1. The molecule has 0 bridgehead atoms. The van der Waals surface area contributed by atoms with Crippen LogP contribution in [0.25, 0.3) is 10.2 Å². The second-order valence-electron chi connectivity index (χ2n) is 5.13. The third-order valence-corrected chi connectivity index (χ3v) is 5.59. The van der Waals surface area contributed by atoms with Gasteiger partial charge in [-0.15, -0.1) is 11.3 Å². The molecule has 3 rings (SSSR count). The molecule has 22 heavy (non-hydrogen) atoms. The van der Waals surface area contributed by atoms with Gasteiger partial charge in [0.1, 0.15) is 10.6 Å². The number of nitrogens with zero attached hydrogens (tertiary/aromatic N) is 2.